The van der Waals surface area contributed by atoms with Crippen molar-refractivity contribution in [3.05, 3.63) is 89.3 Å². The Morgan fingerprint density at radius 2 is 1.79 bits per heavy atom. The largest absolute Gasteiger partial charge is 0.383 e. The number of nitrogens with two attached hydrogens (primary N) is 1. The van der Waals surface area contributed by atoms with E-state index in [1.165, 1.54) is 5.56 Å². The van der Waals surface area contributed by atoms with E-state index < -0.39 is 0 Å². The molecule has 1 aliphatic heterocycles. The van der Waals surface area contributed by atoms with Gasteiger partial charge in [-0.3, -0.25) is 9.47 Å². The average molecular weight is 586 g/mol. The molecule has 43 heavy (non-hydrogen) atoms. The van der Waals surface area contributed by atoms with Crippen LogP contribution in [0.15, 0.2) is 77.9 Å². The van der Waals surface area contributed by atoms with Crippen LogP contribution in [0.1, 0.15) is 24.2 Å². The van der Waals surface area contributed by atoms with E-state index in [2.05, 4.69) is 54.4 Å². The summed E-state index contributed by atoms with van der Waals surface area (Å²) in [6.45, 7) is 2.80. The minimum atomic E-state index is 0.182. The van der Waals surface area contributed by atoms with Crippen molar-refractivity contribution >= 4 is 34.1 Å². The Labute approximate surface area is 251 Å². The lowest BCUT2D eigenvalue weighted by atomic mass is 10.0. The molecule has 212 valence electrons. The molecule has 0 spiro atoms. The van der Waals surface area contributed by atoms with E-state index in [0.717, 1.165) is 66.3 Å². The Kier molecular flexibility index (Phi) is 7.16. The SMILES string of the molecule is N#Cc1nccc(NC2CCN(Cc3ccc(-n4c(-c5cccnc5N)nc5ccc(-c6cscn6)nc54)cc3)CC2)n1. The number of hydrogen-bond donors (Lipinski definition) is 2. The molecule has 3 N–H and O–H groups in total. The van der Waals surface area contributed by atoms with E-state index in [4.69, 9.17) is 21.0 Å². The van der Waals surface area contributed by atoms with Crippen LogP contribution in [0.3, 0.4) is 0 Å². The van der Waals surface area contributed by atoms with Crippen molar-refractivity contribution in [2.24, 2.45) is 0 Å². The number of fused-ring (bicyclic) bond motifs is 1. The second kappa shape index (κ2) is 11.6. The first-order chi connectivity index (χ1) is 21.1. The zero-order valence-electron chi connectivity index (χ0n) is 23.1. The van der Waals surface area contributed by atoms with Crippen LogP contribution < -0.4 is 11.1 Å². The van der Waals surface area contributed by atoms with Crippen molar-refractivity contribution in [3.8, 4) is 34.5 Å². The molecule has 12 heteroatoms. The van der Waals surface area contributed by atoms with Gasteiger partial charge in [-0.05, 0) is 60.9 Å². The molecule has 5 aromatic heterocycles. The summed E-state index contributed by atoms with van der Waals surface area (Å²) in [7, 11) is 0. The van der Waals surface area contributed by atoms with E-state index >= 15 is 0 Å². The predicted octanol–water partition coefficient (Wildman–Crippen LogP) is 4.93. The van der Waals surface area contributed by atoms with Gasteiger partial charge in [-0.1, -0.05) is 12.1 Å². The molecule has 1 aliphatic rings. The smallest absolute Gasteiger partial charge is 0.234 e. The van der Waals surface area contributed by atoms with Gasteiger partial charge in [0.25, 0.3) is 0 Å². The van der Waals surface area contributed by atoms with Crippen molar-refractivity contribution in [3.63, 3.8) is 0 Å². The van der Waals surface area contributed by atoms with Gasteiger partial charge in [-0.25, -0.2) is 29.9 Å². The summed E-state index contributed by atoms with van der Waals surface area (Å²) in [5.74, 6) is 1.99. The van der Waals surface area contributed by atoms with Crippen LogP contribution in [-0.4, -0.2) is 58.5 Å². The predicted molar refractivity (Wildman–Crippen MR) is 166 cm³/mol. The first kappa shape index (κ1) is 26.6. The van der Waals surface area contributed by atoms with Crippen LogP contribution in [-0.2, 0) is 6.54 Å². The number of hydrogen-bond acceptors (Lipinski definition) is 11. The highest BCUT2D eigenvalue weighted by Gasteiger charge is 2.21. The molecule has 1 aromatic carbocycles. The maximum absolute atomic E-state index is 9.06. The fourth-order valence-corrected chi connectivity index (χ4v) is 5.96. The lowest BCUT2D eigenvalue weighted by Gasteiger charge is -2.32. The van der Waals surface area contributed by atoms with Crippen molar-refractivity contribution in [2.75, 3.05) is 24.1 Å². The fraction of sp³-hybridized carbons (Fsp3) is 0.194. The zero-order chi connectivity index (χ0) is 29.2. The summed E-state index contributed by atoms with van der Waals surface area (Å²) in [4.78, 5) is 29.3. The third kappa shape index (κ3) is 5.51. The molecular formula is C31H27N11S. The second-order valence-corrected chi connectivity index (χ2v) is 11.1. The Balaban J connectivity index is 1.12. The number of thiazole rings is 1. The molecule has 0 amide bonds. The molecule has 1 saturated heterocycles. The summed E-state index contributed by atoms with van der Waals surface area (Å²) < 4.78 is 2.05. The van der Waals surface area contributed by atoms with Crippen LogP contribution in [0.5, 0.6) is 0 Å². The van der Waals surface area contributed by atoms with E-state index in [1.54, 1.807) is 23.7 Å². The monoisotopic (exact) mass is 585 g/mol. The molecule has 0 radical (unpaired) electrons. The second-order valence-electron chi connectivity index (χ2n) is 10.4. The molecule has 6 heterocycles. The van der Waals surface area contributed by atoms with Gasteiger partial charge < -0.3 is 11.1 Å². The van der Waals surface area contributed by atoms with Gasteiger partial charge >= 0.3 is 0 Å². The number of pyridine rings is 2. The van der Waals surface area contributed by atoms with Crippen molar-refractivity contribution < 1.29 is 0 Å². The van der Waals surface area contributed by atoms with Gasteiger partial charge in [0.15, 0.2) is 11.5 Å². The number of imidazole rings is 1. The Morgan fingerprint density at radius 3 is 2.56 bits per heavy atom. The number of likely N-dealkylation sites (tertiary alicyclic amines) is 1. The molecule has 11 nitrogen and oxygen atoms in total. The Bertz CT molecular complexity index is 1920. The molecule has 7 rings (SSSR count). The minimum Gasteiger partial charge on any atom is -0.383 e. The minimum absolute atomic E-state index is 0.182. The van der Waals surface area contributed by atoms with Gasteiger partial charge in [0.1, 0.15) is 23.2 Å². The number of benzene rings is 1. The Morgan fingerprint density at radius 1 is 0.930 bits per heavy atom. The lowest BCUT2D eigenvalue weighted by Crippen LogP contribution is -2.38. The normalized spacial score (nSPS) is 14.1. The summed E-state index contributed by atoms with van der Waals surface area (Å²) in [5, 5.41) is 14.5. The number of aromatic nitrogens is 7. The van der Waals surface area contributed by atoms with Gasteiger partial charge in [-0.15, -0.1) is 11.3 Å². The summed E-state index contributed by atoms with van der Waals surface area (Å²) >= 11 is 1.54. The standard InChI is InChI=1S/C31H27N11S/c32-16-28-34-13-9-27(40-28)37-21-10-14-41(15-11-21)17-20-3-5-22(6-4-20)42-30(23-2-1-12-35-29(23)33)39-25-8-7-24(38-31(25)42)26-18-43-19-36-26/h1-9,12-13,18-19,21H,10-11,14-15,17H2,(H2,33,35)(H,34,37,40). The maximum Gasteiger partial charge on any atom is 0.234 e. The molecule has 0 bridgehead atoms. The number of nitrogens with zero attached hydrogens (tertiary/aromatic N) is 9. The number of nitrogen functional groups attached to an aromatic ring is 1. The topological polar surface area (TPSA) is 147 Å². The number of nitriles is 1. The highest BCUT2D eigenvalue weighted by Crippen LogP contribution is 2.32. The number of piperidine rings is 1. The lowest BCUT2D eigenvalue weighted by molar-refractivity contribution is 0.211. The van der Waals surface area contributed by atoms with Crippen molar-refractivity contribution in [2.45, 2.75) is 25.4 Å². The first-order valence-corrected chi connectivity index (χ1v) is 14.9. The number of rotatable bonds is 7. The number of anilines is 2. The molecule has 0 saturated carbocycles. The van der Waals surface area contributed by atoms with E-state index in [-0.39, 0.29) is 5.82 Å². The third-order valence-corrected chi connectivity index (χ3v) is 8.16. The highest BCUT2D eigenvalue weighted by molar-refractivity contribution is 7.07. The molecule has 0 aliphatic carbocycles. The molecule has 0 unspecified atom stereocenters. The van der Waals surface area contributed by atoms with E-state index in [9.17, 15) is 0 Å². The van der Waals surface area contributed by atoms with Crippen LogP contribution in [0.25, 0.3) is 39.6 Å². The first-order valence-electron chi connectivity index (χ1n) is 13.9. The van der Waals surface area contributed by atoms with Gasteiger partial charge in [0.05, 0.1) is 22.5 Å². The highest BCUT2D eigenvalue weighted by atomic mass is 32.1. The summed E-state index contributed by atoms with van der Waals surface area (Å²) in [6, 6.07) is 20.4. The van der Waals surface area contributed by atoms with Crippen molar-refractivity contribution in [1.82, 2.24) is 39.4 Å². The number of nitrogens with one attached hydrogen (secondary N) is 1. The fourth-order valence-electron chi connectivity index (χ4n) is 5.42. The Hall–Kier alpha value is -5.25. The zero-order valence-corrected chi connectivity index (χ0v) is 23.9. The van der Waals surface area contributed by atoms with Crippen LogP contribution >= 0.6 is 11.3 Å². The molecule has 0 atom stereocenters. The quantitative estimate of drug-likeness (QED) is 0.264. The van der Waals surface area contributed by atoms with Gasteiger partial charge in [0, 0.05) is 49.1 Å². The third-order valence-electron chi connectivity index (χ3n) is 7.57. The van der Waals surface area contributed by atoms with Gasteiger partial charge in [-0.2, -0.15) is 5.26 Å². The van der Waals surface area contributed by atoms with E-state index in [0.29, 0.717) is 23.5 Å². The summed E-state index contributed by atoms with van der Waals surface area (Å²) in [6.07, 6.45) is 5.28. The average Bonchev–Trinajstić information content (AvgIpc) is 3.71. The molecule has 1 fully saturated rings. The summed E-state index contributed by atoms with van der Waals surface area (Å²) in [5.41, 5.74) is 14.2. The maximum atomic E-state index is 9.06. The molecule has 6 aromatic rings. The van der Waals surface area contributed by atoms with Crippen LogP contribution in [0.4, 0.5) is 11.6 Å². The van der Waals surface area contributed by atoms with Crippen LogP contribution in [0, 0.1) is 11.3 Å². The van der Waals surface area contributed by atoms with Crippen LogP contribution in [0.2, 0.25) is 0 Å². The molecular weight excluding hydrogens is 558 g/mol. The van der Waals surface area contributed by atoms with Gasteiger partial charge in [0.2, 0.25) is 5.82 Å². The van der Waals surface area contributed by atoms with E-state index in [1.807, 2.05) is 51.9 Å². The van der Waals surface area contributed by atoms with Crippen molar-refractivity contribution in [1.29, 1.82) is 5.26 Å².